The lowest BCUT2D eigenvalue weighted by atomic mass is 9.93. The zero-order valence-corrected chi connectivity index (χ0v) is 26.4. The molecule has 1 amide bonds. The Morgan fingerprint density at radius 3 is 1.74 bits per heavy atom. The summed E-state index contributed by atoms with van der Waals surface area (Å²) in [6, 6.07) is 10.6. The highest BCUT2D eigenvalue weighted by atomic mass is 32.2. The van der Waals surface area contributed by atoms with Crippen molar-refractivity contribution in [2.45, 2.75) is 21.6 Å². The van der Waals surface area contributed by atoms with E-state index in [1.807, 2.05) is 0 Å². The number of carbonyl (C=O) groups is 2. The molecule has 0 aromatic heterocycles. The van der Waals surface area contributed by atoms with E-state index in [1.54, 1.807) is 0 Å². The fourth-order valence-corrected chi connectivity index (χ4v) is 7.19. The molecule has 0 saturated heterocycles. The summed E-state index contributed by atoms with van der Waals surface area (Å²) >= 11 is 0. The van der Waals surface area contributed by atoms with Crippen LogP contribution < -0.4 is 19.6 Å². The van der Waals surface area contributed by atoms with Crippen molar-refractivity contribution in [3.8, 4) is 17.2 Å². The van der Waals surface area contributed by atoms with E-state index in [2.05, 4.69) is 10.5 Å². The van der Waals surface area contributed by atoms with Gasteiger partial charge in [0.1, 0.15) is 20.4 Å². The normalized spacial score (nSPS) is 12.6. The van der Waals surface area contributed by atoms with E-state index in [0.29, 0.717) is 11.6 Å². The molecule has 4 N–H and O–H groups in total. The van der Waals surface area contributed by atoms with Gasteiger partial charge in [-0.25, -0.2) is 5.43 Å². The molecule has 5 aromatic carbocycles. The fraction of sp³-hybridized carbons (Fsp3) is 0.107. The summed E-state index contributed by atoms with van der Waals surface area (Å²) in [6.07, 6.45) is 1.24. The molecule has 0 spiro atoms. The standard InChI is InChI=1S/C28H22N2O14S3/c1-14(31)44-20-8-3-15(9-22(20)42-2)12-29-30-26(32)13-43-21-10-23(45(33,34)35)17-6-7-19-25(47(39,40)41)11-24(46(36,37)38)18-5-4-16(21)27(17)28(18)19/h3-12H,13H2,1-2H3,(H,30,32)(H,33,34,35)(H,36,37,38)(H,39,40,41)/b29-12-. The third kappa shape index (κ3) is 6.66. The summed E-state index contributed by atoms with van der Waals surface area (Å²) in [5.41, 5.74) is 2.64. The summed E-state index contributed by atoms with van der Waals surface area (Å²) in [4.78, 5) is 21.3. The zero-order valence-electron chi connectivity index (χ0n) is 24.0. The molecule has 19 heteroatoms. The first-order chi connectivity index (χ1) is 21.9. The first kappa shape index (κ1) is 33.4. The Bertz CT molecular complexity index is 2420. The number of carbonyl (C=O) groups excluding carboxylic acids is 2. The minimum absolute atomic E-state index is 0.0514. The number of hydrogen-bond acceptors (Lipinski definition) is 12. The number of methoxy groups -OCH3 is 1. The number of amides is 1. The van der Waals surface area contributed by atoms with Gasteiger partial charge in [-0.05, 0) is 35.9 Å². The Kier molecular flexibility index (Phi) is 8.56. The van der Waals surface area contributed by atoms with E-state index < -0.39 is 63.5 Å². The van der Waals surface area contributed by atoms with E-state index in [9.17, 15) is 48.5 Å². The highest BCUT2D eigenvalue weighted by molar-refractivity contribution is 7.87. The van der Waals surface area contributed by atoms with Crippen LogP contribution >= 0.6 is 0 Å². The summed E-state index contributed by atoms with van der Waals surface area (Å²) in [5, 5.41) is 2.86. The fourth-order valence-electron chi connectivity index (χ4n) is 4.98. The van der Waals surface area contributed by atoms with Crippen molar-refractivity contribution in [1.82, 2.24) is 5.43 Å². The van der Waals surface area contributed by atoms with Crippen molar-refractivity contribution in [3.63, 3.8) is 0 Å². The maximum atomic E-state index is 12.6. The molecule has 0 aliphatic rings. The van der Waals surface area contributed by atoms with Crippen molar-refractivity contribution in [2.24, 2.45) is 5.10 Å². The van der Waals surface area contributed by atoms with Gasteiger partial charge in [-0.15, -0.1) is 0 Å². The topological polar surface area (TPSA) is 249 Å². The Hall–Kier alpha value is -4.92. The molecule has 0 bridgehead atoms. The molecule has 0 fully saturated rings. The van der Waals surface area contributed by atoms with Crippen molar-refractivity contribution in [1.29, 1.82) is 0 Å². The lowest BCUT2D eigenvalue weighted by Crippen LogP contribution is -2.24. The quantitative estimate of drug-likeness (QED) is 0.0407. The van der Waals surface area contributed by atoms with E-state index in [0.717, 1.165) is 18.2 Å². The minimum Gasteiger partial charge on any atom is -0.493 e. The van der Waals surface area contributed by atoms with Crippen molar-refractivity contribution in [3.05, 3.63) is 60.2 Å². The number of hydrazone groups is 1. The van der Waals surface area contributed by atoms with Gasteiger partial charge in [0.25, 0.3) is 36.3 Å². The summed E-state index contributed by atoms with van der Waals surface area (Å²) in [5.74, 6) is -1.30. The molecular weight excluding hydrogens is 685 g/mol. The Morgan fingerprint density at radius 1 is 0.723 bits per heavy atom. The minimum atomic E-state index is -5.09. The molecule has 0 atom stereocenters. The average molecular weight is 707 g/mol. The first-order valence-electron chi connectivity index (χ1n) is 12.9. The maximum absolute atomic E-state index is 12.6. The second-order valence-electron chi connectivity index (χ2n) is 9.83. The largest absolute Gasteiger partial charge is 0.493 e. The van der Waals surface area contributed by atoms with Crippen LogP contribution in [0, 0.1) is 0 Å². The van der Waals surface area contributed by atoms with Gasteiger partial charge in [0.2, 0.25) is 0 Å². The smallest absolute Gasteiger partial charge is 0.308 e. The van der Waals surface area contributed by atoms with Gasteiger partial charge in [-0.1, -0.05) is 18.2 Å². The van der Waals surface area contributed by atoms with Gasteiger partial charge >= 0.3 is 5.97 Å². The summed E-state index contributed by atoms with van der Waals surface area (Å²) in [7, 11) is -13.8. The number of esters is 1. The lowest BCUT2D eigenvalue weighted by Gasteiger charge is -2.18. The molecule has 0 heterocycles. The third-order valence-corrected chi connectivity index (χ3v) is 9.46. The van der Waals surface area contributed by atoms with Crippen molar-refractivity contribution < 1.29 is 62.7 Å². The summed E-state index contributed by atoms with van der Waals surface area (Å²) < 4.78 is 119. The monoisotopic (exact) mass is 706 g/mol. The van der Waals surface area contributed by atoms with E-state index in [1.165, 1.54) is 50.6 Å². The Labute approximate surface area is 266 Å². The van der Waals surface area contributed by atoms with Crippen molar-refractivity contribution >= 4 is 80.8 Å². The molecule has 0 unspecified atom stereocenters. The van der Waals surface area contributed by atoms with Crippen LogP contribution in [0.3, 0.4) is 0 Å². The van der Waals surface area contributed by atoms with Crippen LogP contribution in [0.2, 0.25) is 0 Å². The molecule has 0 radical (unpaired) electrons. The second-order valence-corrected chi connectivity index (χ2v) is 14.0. The van der Waals surface area contributed by atoms with Gasteiger partial charge in [-0.3, -0.25) is 23.2 Å². The van der Waals surface area contributed by atoms with Gasteiger partial charge in [0.15, 0.2) is 18.1 Å². The van der Waals surface area contributed by atoms with Gasteiger partial charge < -0.3 is 14.2 Å². The predicted molar refractivity (Wildman–Crippen MR) is 165 cm³/mol. The van der Waals surface area contributed by atoms with Crippen LogP contribution in [-0.2, 0) is 39.9 Å². The molecule has 5 aromatic rings. The lowest BCUT2D eigenvalue weighted by molar-refractivity contribution is -0.132. The van der Waals surface area contributed by atoms with Crippen LogP contribution in [0.1, 0.15) is 12.5 Å². The number of ether oxygens (including phenoxy) is 3. The SMILES string of the molecule is COc1cc(/C=N\NC(=O)COc2cc(S(=O)(=O)O)c3ccc4c(S(=O)(=O)O)cc(S(=O)(=O)O)c5ccc2c3c54)ccc1OC(C)=O. The molecule has 5 rings (SSSR count). The first-order valence-corrected chi connectivity index (χ1v) is 17.2. The number of hydrogen-bond donors (Lipinski definition) is 4. The van der Waals surface area contributed by atoms with E-state index >= 15 is 0 Å². The number of nitrogens with zero attached hydrogens (tertiary/aromatic N) is 1. The Morgan fingerprint density at radius 2 is 1.23 bits per heavy atom. The van der Waals surface area contributed by atoms with Crippen LogP contribution in [0.25, 0.3) is 32.3 Å². The maximum Gasteiger partial charge on any atom is 0.308 e. The highest BCUT2D eigenvalue weighted by Gasteiger charge is 2.28. The predicted octanol–water partition coefficient (Wildman–Crippen LogP) is 2.79. The van der Waals surface area contributed by atoms with Crippen LogP contribution in [0.15, 0.2) is 74.4 Å². The van der Waals surface area contributed by atoms with E-state index in [-0.39, 0.29) is 49.6 Å². The van der Waals surface area contributed by atoms with Crippen LogP contribution in [0.5, 0.6) is 17.2 Å². The van der Waals surface area contributed by atoms with Gasteiger partial charge in [-0.2, -0.15) is 30.4 Å². The van der Waals surface area contributed by atoms with Gasteiger partial charge in [0.05, 0.1) is 13.3 Å². The van der Waals surface area contributed by atoms with E-state index in [4.69, 9.17) is 14.2 Å². The third-order valence-electron chi connectivity index (χ3n) is 6.78. The molecule has 0 aliphatic heterocycles. The highest BCUT2D eigenvalue weighted by Crippen LogP contribution is 2.45. The zero-order chi connectivity index (χ0) is 34.5. The average Bonchev–Trinajstić information content (AvgIpc) is 2.97. The van der Waals surface area contributed by atoms with Gasteiger partial charge in [0, 0.05) is 45.3 Å². The molecule has 246 valence electrons. The van der Waals surface area contributed by atoms with Crippen LogP contribution in [-0.4, -0.2) is 70.7 Å². The number of rotatable bonds is 10. The number of benzene rings is 5. The molecule has 0 aliphatic carbocycles. The molecule has 47 heavy (non-hydrogen) atoms. The number of nitrogens with one attached hydrogen (secondary N) is 1. The summed E-state index contributed by atoms with van der Waals surface area (Å²) in [6.45, 7) is 0.464. The molecule has 16 nitrogen and oxygen atoms in total. The second kappa shape index (κ2) is 12.0. The Balaban J connectivity index is 1.55. The van der Waals surface area contributed by atoms with Crippen LogP contribution in [0.4, 0.5) is 0 Å². The molecule has 0 saturated carbocycles. The molecular formula is C28H22N2O14S3. The van der Waals surface area contributed by atoms with Crippen molar-refractivity contribution in [2.75, 3.05) is 13.7 Å².